The van der Waals surface area contributed by atoms with Crippen LogP contribution in [0.2, 0.25) is 0 Å². The van der Waals surface area contributed by atoms with Gasteiger partial charge in [0.1, 0.15) is 16.9 Å². The zero-order valence-electron chi connectivity index (χ0n) is 21.8. The van der Waals surface area contributed by atoms with E-state index in [-0.39, 0.29) is 28.5 Å². The number of aromatic amines is 2. The summed E-state index contributed by atoms with van der Waals surface area (Å²) >= 11 is 1.37. The summed E-state index contributed by atoms with van der Waals surface area (Å²) in [6.07, 6.45) is 6.09. The first kappa shape index (κ1) is 25.4. The van der Waals surface area contributed by atoms with E-state index in [9.17, 15) is 9.59 Å². The van der Waals surface area contributed by atoms with Gasteiger partial charge in [0.25, 0.3) is 5.91 Å². The van der Waals surface area contributed by atoms with Crippen molar-refractivity contribution < 1.29 is 14.0 Å². The zero-order valence-corrected chi connectivity index (χ0v) is 22.7. The molecule has 0 aliphatic carbocycles. The van der Waals surface area contributed by atoms with Gasteiger partial charge in [0.2, 0.25) is 0 Å². The first-order valence-electron chi connectivity index (χ1n) is 12.8. The maximum absolute atomic E-state index is 16.1. The van der Waals surface area contributed by atoms with Gasteiger partial charge >= 0.3 is 0 Å². The number of halogens is 1. The quantitative estimate of drug-likeness (QED) is 0.198. The Bertz CT molecular complexity index is 2150. The van der Waals surface area contributed by atoms with Gasteiger partial charge < -0.3 is 10.3 Å². The largest absolute Gasteiger partial charge is 0.321 e. The number of Topliss-reactive ketones (excluding diaryl/α,β-unsaturated/α-hetero) is 1. The van der Waals surface area contributed by atoms with Gasteiger partial charge in [-0.3, -0.25) is 24.7 Å². The maximum Gasteiger partial charge on any atom is 0.255 e. The van der Waals surface area contributed by atoms with Gasteiger partial charge in [-0.1, -0.05) is 18.2 Å². The van der Waals surface area contributed by atoms with E-state index in [2.05, 4.69) is 35.5 Å². The molecule has 7 aromatic rings. The summed E-state index contributed by atoms with van der Waals surface area (Å²) in [7, 11) is 0. The van der Waals surface area contributed by atoms with E-state index in [1.165, 1.54) is 36.9 Å². The van der Waals surface area contributed by atoms with Gasteiger partial charge in [-0.25, -0.2) is 14.4 Å². The van der Waals surface area contributed by atoms with Crippen LogP contribution in [0.5, 0.6) is 0 Å². The molecule has 10 nitrogen and oxygen atoms in total. The molecule has 0 saturated heterocycles. The number of hydrogen-bond donors (Lipinski definition) is 3. The number of pyridine rings is 3. The summed E-state index contributed by atoms with van der Waals surface area (Å²) < 4.78 is 16.1. The Balaban J connectivity index is 1.27. The molecular weight excluding hydrogens is 555 g/mol. The van der Waals surface area contributed by atoms with Crippen molar-refractivity contribution in [3.8, 4) is 33.2 Å². The normalized spacial score (nSPS) is 11.3. The number of H-pyrrole nitrogens is 2. The molecule has 7 rings (SSSR count). The molecule has 42 heavy (non-hydrogen) atoms. The molecule has 0 spiro atoms. The predicted octanol–water partition coefficient (Wildman–Crippen LogP) is 6.28. The van der Waals surface area contributed by atoms with Gasteiger partial charge in [0.05, 0.1) is 33.9 Å². The summed E-state index contributed by atoms with van der Waals surface area (Å²) in [5.74, 6) is -0.630. The van der Waals surface area contributed by atoms with Crippen molar-refractivity contribution in [1.82, 2.24) is 35.1 Å². The number of benzene rings is 1. The van der Waals surface area contributed by atoms with E-state index >= 15 is 4.39 Å². The number of rotatable bonds is 6. The lowest BCUT2D eigenvalue weighted by Gasteiger charge is -2.08. The standard InChI is InChI=1S/C30H19FN8O2S/c1-15(40)21-7-8-22(42-21)19-9-10-33-28-26(19)36-29(37-28)27-23-20(38-39-27)14-34-25(24(23)31)17-11-18(13-32-12-17)35-30(41)16-5-3-2-4-6-16/h2-14H,1H3,(H,35,41)(H,38,39)(H,33,36,37). The summed E-state index contributed by atoms with van der Waals surface area (Å²) in [4.78, 5) is 46.7. The second-order valence-corrected chi connectivity index (χ2v) is 10.5. The number of thiophene rings is 1. The van der Waals surface area contributed by atoms with Gasteiger partial charge in [-0.2, -0.15) is 5.10 Å². The predicted molar refractivity (Wildman–Crippen MR) is 158 cm³/mol. The fraction of sp³-hybridized carbons (Fsp3) is 0.0333. The molecule has 12 heteroatoms. The summed E-state index contributed by atoms with van der Waals surface area (Å²) in [6.45, 7) is 1.53. The number of nitrogens with one attached hydrogen (secondary N) is 3. The average molecular weight is 575 g/mol. The average Bonchev–Trinajstić information content (AvgIpc) is 3.76. The molecule has 0 atom stereocenters. The molecule has 0 radical (unpaired) electrons. The van der Waals surface area contributed by atoms with Crippen LogP contribution in [0.3, 0.4) is 0 Å². The van der Waals surface area contributed by atoms with Crippen molar-refractivity contribution in [2.75, 3.05) is 5.32 Å². The molecule has 6 heterocycles. The number of aromatic nitrogens is 7. The third-order valence-electron chi connectivity index (χ3n) is 6.68. The number of ketones is 1. The topological polar surface area (TPSA) is 142 Å². The van der Waals surface area contributed by atoms with Crippen LogP contribution in [0, 0.1) is 5.82 Å². The van der Waals surface area contributed by atoms with Gasteiger partial charge in [0, 0.05) is 34.0 Å². The van der Waals surface area contributed by atoms with Crippen LogP contribution in [0.1, 0.15) is 27.0 Å². The summed E-state index contributed by atoms with van der Waals surface area (Å²) in [6, 6.07) is 15.8. The van der Waals surface area contributed by atoms with E-state index in [1.54, 1.807) is 42.6 Å². The highest BCUT2D eigenvalue weighted by Gasteiger charge is 2.22. The number of fused-ring (bicyclic) bond motifs is 2. The van der Waals surface area contributed by atoms with Crippen LogP contribution in [-0.4, -0.2) is 46.8 Å². The fourth-order valence-corrected chi connectivity index (χ4v) is 5.60. The zero-order chi connectivity index (χ0) is 28.8. The van der Waals surface area contributed by atoms with Crippen LogP contribution in [0.25, 0.3) is 55.3 Å². The fourth-order valence-electron chi connectivity index (χ4n) is 4.67. The van der Waals surface area contributed by atoms with Gasteiger partial charge in [-0.05, 0) is 43.3 Å². The Morgan fingerprint density at radius 3 is 2.64 bits per heavy atom. The number of carbonyl (C=O) groups excluding carboxylic acids is 2. The molecule has 0 bridgehead atoms. The van der Waals surface area contributed by atoms with Crippen molar-refractivity contribution >= 4 is 50.8 Å². The van der Waals surface area contributed by atoms with Crippen LogP contribution in [0.15, 0.2) is 79.4 Å². The van der Waals surface area contributed by atoms with Crippen molar-refractivity contribution in [2.24, 2.45) is 0 Å². The van der Waals surface area contributed by atoms with Crippen LogP contribution in [-0.2, 0) is 0 Å². The number of nitrogens with zero attached hydrogens (tertiary/aromatic N) is 5. The second-order valence-electron chi connectivity index (χ2n) is 9.43. The smallest absolute Gasteiger partial charge is 0.255 e. The van der Waals surface area contributed by atoms with Gasteiger partial charge in [0.15, 0.2) is 23.1 Å². The van der Waals surface area contributed by atoms with E-state index in [0.717, 1.165) is 10.4 Å². The van der Waals surface area contributed by atoms with E-state index < -0.39 is 5.82 Å². The van der Waals surface area contributed by atoms with Crippen molar-refractivity contribution in [3.05, 3.63) is 95.6 Å². The first-order chi connectivity index (χ1) is 20.5. The van der Waals surface area contributed by atoms with Crippen LogP contribution < -0.4 is 5.32 Å². The Morgan fingerprint density at radius 1 is 0.976 bits per heavy atom. The van der Waals surface area contributed by atoms with Crippen molar-refractivity contribution in [2.45, 2.75) is 6.92 Å². The molecule has 0 fully saturated rings. The highest BCUT2D eigenvalue weighted by molar-refractivity contribution is 7.17. The minimum absolute atomic E-state index is 0.0125. The second kappa shape index (κ2) is 10.1. The molecule has 1 amide bonds. The Hall–Kier alpha value is -5.62. The number of imidazole rings is 1. The van der Waals surface area contributed by atoms with E-state index in [1.807, 2.05) is 18.2 Å². The lowest BCUT2D eigenvalue weighted by Crippen LogP contribution is -2.11. The minimum atomic E-state index is -0.623. The lowest BCUT2D eigenvalue weighted by atomic mass is 10.1. The maximum atomic E-state index is 16.1. The van der Waals surface area contributed by atoms with Gasteiger partial charge in [-0.15, -0.1) is 11.3 Å². The Labute approximate surface area is 240 Å². The highest BCUT2D eigenvalue weighted by Crippen LogP contribution is 2.36. The van der Waals surface area contributed by atoms with E-state index in [0.29, 0.717) is 44.2 Å². The lowest BCUT2D eigenvalue weighted by molar-refractivity contribution is 0.101. The van der Waals surface area contributed by atoms with Crippen LogP contribution in [0.4, 0.5) is 10.1 Å². The third-order valence-corrected chi connectivity index (χ3v) is 7.90. The van der Waals surface area contributed by atoms with Crippen LogP contribution >= 0.6 is 11.3 Å². The SMILES string of the molecule is CC(=O)c1ccc(-c2ccnc3[nH]c(-c4n[nH]c5cnc(-c6cncc(NC(=O)c7ccccc7)c6)c(F)c45)nc23)s1. The molecule has 3 N–H and O–H groups in total. The molecule has 0 aliphatic heterocycles. The molecule has 204 valence electrons. The van der Waals surface area contributed by atoms with E-state index in [4.69, 9.17) is 4.98 Å². The first-order valence-corrected chi connectivity index (χ1v) is 13.6. The molecule has 0 unspecified atom stereocenters. The number of anilines is 1. The number of carbonyl (C=O) groups is 2. The number of amides is 1. The molecule has 6 aromatic heterocycles. The monoisotopic (exact) mass is 574 g/mol. The minimum Gasteiger partial charge on any atom is -0.321 e. The number of hydrogen-bond acceptors (Lipinski definition) is 8. The molecule has 0 saturated carbocycles. The van der Waals surface area contributed by atoms with Crippen molar-refractivity contribution in [3.63, 3.8) is 0 Å². The highest BCUT2D eigenvalue weighted by atomic mass is 32.1. The summed E-state index contributed by atoms with van der Waals surface area (Å²) in [5.41, 5.74) is 3.80. The Kier molecular flexibility index (Phi) is 6.09. The molecule has 0 aliphatic rings. The third kappa shape index (κ3) is 4.39. The summed E-state index contributed by atoms with van der Waals surface area (Å²) in [5, 5.41) is 10.1. The molecule has 1 aromatic carbocycles. The van der Waals surface area contributed by atoms with Crippen molar-refractivity contribution in [1.29, 1.82) is 0 Å². The Morgan fingerprint density at radius 2 is 1.83 bits per heavy atom. The molecular formula is C30H19FN8O2S.